The molecule has 0 fully saturated rings. The third kappa shape index (κ3) is 4.01. The number of carbonyl (C=O) groups is 1. The lowest BCUT2D eigenvalue weighted by molar-refractivity contribution is 0.0945. The third-order valence-corrected chi connectivity index (χ3v) is 5.49. The first kappa shape index (κ1) is 21.7. The maximum atomic E-state index is 15.0. The molecule has 0 aliphatic carbocycles. The Morgan fingerprint density at radius 1 is 1.09 bits per heavy atom. The van der Waals surface area contributed by atoms with Gasteiger partial charge in [0.2, 0.25) is 5.95 Å². The van der Waals surface area contributed by atoms with Gasteiger partial charge in [-0.3, -0.25) is 4.79 Å². The van der Waals surface area contributed by atoms with Gasteiger partial charge in [0.25, 0.3) is 5.91 Å². The molecule has 4 rings (SSSR count). The number of nitrogens with zero attached hydrogens (tertiary/aromatic N) is 2. The molecular formula is C24H24F2N4O2. The van der Waals surface area contributed by atoms with Crippen LogP contribution in [-0.2, 0) is 13.0 Å². The molecule has 32 heavy (non-hydrogen) atoms. The van der Waals surface area contributed by atoms with Crippen molar-refractivity contribution in [3.8, 4) is 28.0 Å². The zero-order valence-electron chi connectivity index (χ0n) is 18.1. The maximum absolute atomic E-state index is 15.0. The third-order valence-electron chi connectivity index (χ3n) is 5.49. The Morgan fingerprint density at radius 3 is 2.59 bits per heavy atom. The minimum Gasteiger partial charge on any atom is -0.496 e. The lowest BCUT2D eigenvalue weighted by Crippen LogP contribution is -2.32. The van der Waals surface area contributed by atoms with E-state index in [1.165, 1.54) is 12.1 Å². The smallest absolute Gasteiger partial charge is 0.251 e. The summed E-state index contributed by atoms with van der Waals surface area (Å²) in [4.78, 5) is 17.8. The molecule has 1 aliphatic rings. The molecule has 6 nitrogen and oxygen atoms in total. The molecular weight excluding hydrogens is 414 g/mol. The van der Waals surface area contributed by atoms with E-state index < -0.39 is 11.8 Å². The van der Waals surface area contributed by atoms with Crippen molar-refractivity contribution in [2.24, 2.45) is 0 Å². The number of benzene rings is 2. The van der Waals surface area contributed by atoms with Crippen molar-refractivity contribution in [1.29, 1.82) is 0 Å². The van der Waals surface area contributed by atoms with E-state index in [0.717, 1.165) is 5.56 Å². The standard InChI is InChI=1S/C24H24F2N4O2/c1-30(2)12-15-8-13(4-5-21(15)32-3)16-10-19(23(27)29-22(16)26)18-9-14-6-7-28-24(31)17(14)11-20(18)25/h4-5,8-11H,6-7,12H2,1-3H3,(H2,27,29)(H,28,31). The normalized spacial score (nSPS) is 13.1. The van der Waals surface area contributed by atoms with Gasteiger partial charge in [-0.1, -0.05) is 6.07 Å². The van der Waals surface area contributed by atoms with Gasteiger partial charge in [0, 0.05) is 40.9 Å². The number of hydrogen-bond acceptors (Lipinski definition) is 5. The van der Waals surface area contributed by atoms with E-state index in [4.69, 9.17) is 10.5 Å². The van der Waals surface area contributed by atoms with Crippen LogP contribution in [0.15, 0.2) is 36.4 Å². The Balaban J connectivity index is 1.84. The Bertz CT molecular complexity index is 1210. The van der Waals surface area contributed by atoms with Gasteiger partial charge >= 0.3 is 0 Å². The Hall–Kier alpha value is -3.52. The molecule has 2 aromatic carbocycles. The lowest BCUT2D eigenvalue weighted by Gasteiger charge is -2.19. The van der Waals surface area contributed by atoms with Crippen LogP contribution in [0, 0.1) is 11.8 Å². The van der Waals surface area contributed by atoms with Crippen LogP contribution in [-0.4, -0.2) is 43.5 Å². The predicted molar refractivity (Wildman–Crippen MR) is 119 cm³/mol. The quantitative estimate of drug-likeness (QED) is 0.595. The number of nitrogens with one attached hydrogen (secondary N) is 1. The second-order valence-electron chi connectivity index (χ2n) is 8.02. The molecule has 1 amide bonds. The van der Waals surface area contributed by atoms with Gasteiger partial charge < -0.3 is 20.7 Å². The number of anilines is 1. The topological polar surface area (TPSA) is 80.5 Å². The summed E-state index contributed by atoms with van der Waals surface area (Å²) in [7, 11) is 5.43. The van der Waals surface area contributed by atoms with Gasteiger partial charge in [-0.15, -0.1) is 0 Å². The number of amides is 1. The molecule has 1 aliphatic heterocycles. The second-order valence-corrected chi connectivity index (χ2v) is 8.02. The highest BCUT2D eigenvalue weighted by molar-refractivity contribution is 5.97. The molecule has 0 saturated heterocycles. The monoisotopic (exact) mass is 438 g/mol. The molecule has 1 aromatic heterocycles. The minimum atomic E-state index is -0.745. The lowest BCUT2D eigenvalue weighted by atomic mass is 9.93. The summed E-state index contributed by atoms with van der Waals surface area (Å²) in [5.74, 6) is -1.10. The van der Waals surface area contributed by atoms with Gasteiger partial charge in [0.1, 0.15) is 17.4 Å². The Kier molecular flexibility index (Phi) is 5.80. The van der Waals surface area contributed by atoms with Crippen LogP contribution in [0.1, 0.15) is 21.5 Å². The van der Waals surface area contributed by atoms with E-state index in [1.54, 1.807) is 25.3 Å². The van der Waals surface area contributed by atoms with Crippen molar-refractivity contribution < 1.29 is 18.3 Å². The van der Waals surface area contributed by atoms with E-state index in [2.05, 4.69) is 10.3 Å². The zero-order chi connectivity index (χ0) is 23.0. The molecule has 166 valence electrons. The number of carbonyl (C=O) groups excluding carboxylic acids is 1. The van der Waals surface area contributed by atoms with Gasteiger partial charge in [-0.25, -0.2) is 9.37 Å². The van der Waals surface area contributed by atoms with Crippen LogP contribution >= 0.6 is 0 Å². The highest BCUT2D eigenvalue weighted by atomic mass is 19.1. The molecule has 0 atom stereocenters. The molecule has 0 bridgehead atoms. The molecule has 2 heterocycles. The maximum Gasteiger partial charge on any atom is 0.251 e. The summed E-state index contributed by atoms with van der Waals surface area (Å²) in [6, 6.07) is 9.63. The molecule has 0 saturated carbocycles. The van der Waals surface area contributed by atoms with E-state index in [0.29, 0.717) is 42.0 Å². The summed E-state index contributed by atoms with van der Waals surface area (Å²) in [5, 5.41) is 2.70. The van der Waals surface area contributed by atoms with Crippen LogP contribution in [0.2, 0.25) is 0 Å². The highest BCUT2D eigenvalue weighted by Crippen LogP contribution is 2.36. The average Bonchev–Trinajstić information content (AvgIpc) is 2.74. The van der Waals surface area contributed by atoms with E-state index in [-0.39, 0.29) is 28.4 Å². The van der Waals surface area contributed by atoms with Crippen LogP contribution in [0.5, 0.6) is 5.75 Å². The first-order chi connectivity index (χ1) is 15.3. The molecule has 3 N–H and O–H groups in total. The van der Waals surface area contributed by atoms with Crippen molar-refractivity contribution in [3.63, 3.8) is 0 Å². The number of aromatic nitrogens is 1. The first-order valence-corrected chi connectivity index (χ1v) is 10.2. The molecule has 0 spiro atoms. The van der Waals surface area contributed by atoms with Crippen LogP contribution in [0.25, 0.3) is 22.3 Å². The second kappa shape index (κ2) is 8.55. The van der Waals surface area contributed by atoms with E-state index in [9.17, 15) is 13.6 Å². The highest BCUT2D eigenvalue weighted by Gasteiger charge is 2.22. The van der Waals surface area contributed by atoms with Crippen LogP contribution in [0.3, 0.4) is 0 Å². The number of methoxy groups -OCH3 is 1. The van der Waals surface area contributed by atoms with Gasteiger partial charge in [0.15, 0.2) is 0 Å². The van der Waals surface area contributed by atoms with Crippen molar-refractivity contribution in [2.75, 3.05) is 33.5 Å². The van der Waals surface area contributed by atoms with Crippen LogP contribution in [0.4, 0.5) is 14.6 Å². The minimum absolute atomic E-state index is 0.118. The fraction of sp³-hybridized carbons (Fsp3) is 0.250. The number of nitrogen functional groups attached to an aromatic ring is 1. The number of hydrogen-bond donors (Lipinski definition) is 2. The van der Waals surface area contributed by atoms with Crippen molar-refractivity contribution >= 4 is 11.7 Å². The van der Waals surface area contributed by atoms with E-state index >= 15 is 0 Å². The molecule has 3 aromatic rings. The summed E-state index contributed by atoms with van der Waals surface area (Å²) < 4.78 is 35.3. The number of fused-ring (bicyclic) bond motifs is 1. The fourth-order valence-corrected chi connectivity index (χ4v) is 3.98. The summed E-state index contributed by atoms with van der Waals surface area (Å²) in [6.45, 7) is 1.06. The molecule has 8 heteroatoms. The summed E-state index contributed by atoms with van der Waals surface area (Å²) in [5.41, 5.74) is 9.12. The van der Waals surface area contributed by atoms with Crippen LogP contribution < -0.4 is 15.8 Å². The van der Waals surface area contributed by atoms with Gasteiger partial charge in [0.05, 0.1) is 7.11 Å². The fourth-order valence-electron chi connectivity index (χ4n) is 3.98. The first-order valence-electron chi connectivity index (χ1n) is 10.2. The van der Waals surface area contributed by atoms with Crippen molar-refractivity contribution in [2.45, 2.75) is 13.0 Å². The average molecular weight is 438 g/mol. The van der Waals surface area contributed by atoms with Crippen molar-refractivity contribution in [1.82, 2.24) is 15.2 Å². The van der Waals surface area contributed by atoms with Crippen molar-refractivity contribution in [3.05, 3.63) is 64.9 Å². The largest absolute Gasteiger partial charge is 0.496 e. The Morgan fingerprint density at radius 2 is 1.88 bits per heavy atom. The number of rotatable bonds is 5. The SMILES string of the molecule is COc1ccc(-c2cc(-c3cc4c(cc3F)C(=O)NCC4)c(N)nc2F)cc1CN(C)C. The number of halogens is 2. The number of nitrogens with two attached hydrogens (primary N) is 1. The number of pyridine rings is 1. The number of ether oxygens (including phenoxy) is 1. The summed E-state index contributed by atoms with van der Waals surface area (Å²) >= 11 is 0. The molecule has 0 radical (unpaired) electrons. The summed E-state index contributed by atoms with van der Waals surface area (Å²) in [6.07, 6.45) is 0.572. The predicted octanol–water partition coefficient (Wildman–Crippen LogP) is 3.63. The van der Waals surface area contributed by atoms with Gasteiger partial charge in [-0.2, -0.15) is 4.39 Å². The van der Waals surface area contributed by atoms with E-state index in [1.807, 2.05) is 25.1 Å². The Labute approximate surface area is 185 Å². The van der Waals surface area contributed by atoms with Gasteiger partial charge in [-0.05, 0) is 62.0 Å². The zero-order valence-corrected chi connectivity index (χ0v) is 18.1. The molecule has 0 unspecified atom stereocenters.